The van der Waals surface area contributed by atoms with Gasteiger partial charge in [0.1, 0.15) is 0 Å². The first kappa shape index (κ1) is 10.2. The van der Waals surface area contributed by atoms with Crippen molar-refractivity contribution in [3.8, 4) is 0 Å². The second-order valence-corrected chi connectivity index (χ2v) is 4.83. The van der Waals surface area contributed by atoms with Gasteiger partial charge in [0.2, 0.25) is 0 Å². The van der Waals surface area contributed by atoms with Crippen LogP contribution in [0.2, 0.25) is 0 Å². The number of hydrogen-bond acceptors (Lipinski definition) is 2. The lowest BCUT2D eigenvalue weighted by atomic mass is 9.89. The second-order valence-electron chi connectivity index (χ2n) is 4.83. The average Bonchev–Trinajstić information content (AvgIpc) is 2.55. The van der Waals surface area contributed by atoms with Crippen LogP contribution in [-0.4, -0.2) is 9.97 Å². The lowest BCUT2D eigenvalue weighted by molar-refractivity contribution is 0.567. The maximum atomic E-state index is 5.80. The molecule has 2 rings (SSSR count). The number of nitrogens with zero attached hydrogens (tertiary/aromatic N) is 1. The number of nitrogens with two attached hydrogens (primary N) is 1. The lowest BCUT2D eigenvalue weighted by Gasteiger charge is -2.18. The van der Waals surface area contributed by atoms with Gasteiger partial charge < -0.3 is 10.7 Å². The first-order chi connectivity index (χ1) is 7.04. The van der Waals surface area contributed by atoms with Crippen LogP contribution in [0.4, 0.5) is 0 Å². The Balaban J connectivity index is 2.75. The summed E-state index contributed by atoms with van der Waals surface area (Å²) in [4.78, 5) is 7.79. The summed E-state index contributed by atoms with van der Waals surface area (Å²) in [5.41, 5.74) is 10.3. The number of nitrogens with one attached hydrogen (secondary N) is 1. The van der Waals surface area contributed by atoms with Gasteiger partial charge in [0.05, 0.1) is 11.0 Å². The van der Waals surface area contributed by atoms with Crippen LogP contribution in [0.1, 0.15) is 32.0 Å². The minimum Gasteiger partial charge on any atom is -0.356 e. The van der Waals surface area contributed by atoms with Gasteiger partial charge >= 0.3 is 0 Å². The fourth-order valence-electron chi connectivity index (χ4n) is 1.91. The molecule has 0 aliphatic heterocycles. The Bertz CT molecular complexity index is 477. The van der Waals surface area contributed by atoms with Gasteiger partial charge in [-0.2, -0.15) is 0 Å². The smallest absolute Gasteiger partial charge is 0.0926 e. The van der Waals surface area contributed by atoms with Crippen LogP contribution >= 0.6 is 0 Å². The Morgan fingerprint density at radius 1 is 1.40 bits per heavy atom. The van der Waals surface area contributed by atoms with E-state index in [1.54, 1.807) is 0 Å². The van der Waals surface area contributed by atoms with E-state index >= 15 is 0 Å². The highest BCUT2D eigenvalue weighted by Gasteiger charge is 2.21. The van der Waals surface area contributed by atoms with Gasteiger partial charge in [-0.1, -0.05) is 20.8 Å². The van der Waals surface area contributed by atoms with Crippen molar-refractivity contribution in [3.63, 3.8) is 0 Å². The van der Waals surface area contributed by atoms with Gasteiger partial charge in [-0.05, 0) is 12.1 Å². The van der Waals surface area contributed by atoms with E-state index in [1.165, 1.54) is 5.69 Å². The Hall–Kier alpha value is -1.35. The summed E-state index contributed by atoms with van der Waals surface area (Å²) in [6, 6.07) is 3.97. The lowest BCUT2D eigenvalue weighted by Crippen LogP contribution is -2.15. The van der Waals surface area contributed by atoms with E-state index in [1.807, 2.05) is 18.3 Å². The summed E-state index contributed by atoms with van der Waals surface area (Å²) in [6.45, 7) is 7.06. The molecule has 0 aliphatic rings. The minimum atomic E-state index is 0.0788. The van der Waals surface area contributed by atoms with Gasteiger partial charge in [0, 0.05) is 29.4 Å². The molecule has 3 heteroatoms. The van der Waals surface area contributed by atoms with Crippen LogP contribution in [0, 0.1) is 0 Å². The van der Waals surface area contributed by atoms with E-state index in [9.17, 15) is 0 Å². The van der Waals surface area contributed by atoms with E-state index in [0.717, 1.165) is 16.6 Å². The molecule has 0 saturated carbocycles. The van der Waals surface area contributed by atoms with Gasteiger partial charge in [-0.15, -0.1) is 0 Å². The van der Waals surface area contributed by atoms with Crippen LogP contribution < -0.4 is 5.73 Å². The van der Waals surface area contributed by atoms with Crippen molar-refractivity contribution >= 4 is 11.0 Å². The summed E-state index contributed by atoms with van der Waals surface area (Å²) in [5.74, 6) is 0. The molecule has 0 atom stereocenters. The molecule has 80 valence electrons. The normalized spacial score (nSPS) is 12.3. The molecule has 2 aromatic heterocycles. The van der Waals surface area contributed by atoms with Crippen molar-refractivity contribution < 1.29 is 0 Å². The Kier molecular flexibility index (Phi) is 2.27. The summed E-state index contributed by atoms with van der Waals surface area (Å²) in [5, 5.41) is 0. The molecule has 2 heterocycles. The molecule has 0 fully saturated rings. The fraction of sp³-hybridized carbons (Fsp3) is 0.417. The maximum absolute atomic E-state index is 5.80. The molecule has 15 heavy (non-hydrogen) atoms. The Morgan fingerprint density at radius 3 is 2.73 bits per heavy atom. The molecule has 0 aromatic carbocycles. The van der Waals surface area contributed by atoms with Gasteiger partial charge in [-0.3, -0.25) is 4.98 Å². The van der Waals surface area contributed by atoms with Crippen molar-refractivity contribution in [1.29, 1.82) is 0 Å². The molecule has 0 bridgehead atoms. The summed E-state index contributed by atoms with van der Waals surface area (Å²) < 4.78 is 0. The van der Waals surface area contributed by atoms with Gasteiger partial charge in [-0.25, -0.2) is 0 Å². The van der Waals surface area contributed by atoms with Crippen molar-refractivity contribution in [2.45, 2.75) is 32.7 Å². The summed E-state index contributed by atoms with van der Waals surface area (Å²) >= 11 is 0. The molecule has 0 saturated heterocycles. The SMILES string of the molecule is CC(C)(C)c1[nH]c2cccnc2c1CN. The highest BCUT2D eigenvalue weighted by atomic mass is 14.8. The largest absolute Gasteiger partial charge is 0.356 e. The minimum absolute atomic E-state index is 0.0788. The molecule has 2 aromatic rings. The molecule has 3 N–H and O–H groups in total. The highest BCUT2D eigenvalue weighted by molar-refractivity contribution is 5.80. The maximum Gasteiger partial charge on any atom is 0.0926 e. The number of pyridine rings is 1. The van der Waals surface area contributed by atoms with Crippen molar-refractivity contribution in [2.24, 2.45) is 5.73 Å². The third kappa shape index (κ3) is 1.63. The average molecular weight is 203 g/mol. The highest BCUT2D eigenvalue weighted by Crippen LogP contribution is 2.29. The van der Waals surface area contributed by atoms with Crippen LogP contribution in [0.15, 0.2) is 18.3 Å². The number of fused-ring (bicyclic) bond motifs is 1. The molecular weight excluding hydrogens is 186 g/mol. The number of hydrogen-bond donors (Lipinski definition) is 2. The summed E-state index contributed by atoms with van der Waals surface area (Å²) in [7, 11) is 0. The number of aromatic nitrogens is 2. The number of rotatable bonds is 1. The number of H-pyrrole nitrogens is 1. The van der Waals surface area contributed by atoms with Crippen molar-refractivity contribution in [2.75, 3.05) is 0 Å². The van der Waals surface area contributed by atoms with Crippen molar-refractivity contribution in [3.05, 3.63) is 29.6 Å². The van der Waals surface area contributed by atoms with E-state index < -0.39 is 0 Å². The Labute approximate surface area is 89.7 Å². The molecule has 3 nitrogen and oxygen atoms in total. The molecular formula is C12H17N3. The zero-order valence-corrected chi connectivity index (χ0v) is 9.46. The molecule has 0 radical (unpaired) electrons. The predicted molar refractivity (Wildman–Crippen MR) is 62.7 cm³/mol. The van der Waals surface area contributed by atoms with Crippen LogP contribution in [0.3, 0.4) is 0 Å². The summed E-state index contributed by atoms with van der Waals surface area (Å²) in [6.07, 6.45) is 1.81. The predicted octanol–water partition coefficient (Wildman–Crippen LogP) is 2.32. The quantitative estimate of drug-likeness (QED) is 0.747. The molecule has 0 spiro atoms. The van der Waals surface area contributed by atoms with E-state index in [4.69, 9.17) is 5.73 Å². The zero-order chi connectivity index (χ0) is 11.1. The Morgan fingerprint density at radius 2 is 2.13 bits per heavy atom. The second kappa shape index (κ2) is 3.35. The van der Waals surface area contributed by atoms with E-state index in [2.05, 4.69) is 30.7 Å². The van der Waals surface area contributed by atoms with E-state index in [0.29, 0.717) is 6.54 Å². The van der Waals surface area contributed by atoms with Crippen LogP contribution in [0.25, 0.3) is 11.0 Å². The van der Waals surface area contributed by atoms with E-state index in [-0.39, 0.29) is 5.41 Å². The first-order valence-corrected chi connectivity index (χ1v) is 5.20. The van der Waals surface area contributed by atoms with Crippen molar-refractivity contribution in [1.82, 2.24) is 9.97 Å². The third-order valence-electron chi connectivity index (χ3n) is 2.61. The van der Waals surface area contributed by atoms with Crippen LogP contribution in [0.5, 0.6) is 0 Å². The topological polar surface area (TPSA) is 54.7 Å². The van der Waals surface area contributed by atoms with Gasteiger partial charge in [0.15, 0.2) is 0 Å². The molecule has 0 aliphatic carbocycles. The molecule has 0 unspecified atom stereocenters. The molecule has 0 amide bonds. The number of aromatic amines is 1. The monoisotopic (exact) mass is 203 g/mol. The first-order valence-electron chi connectivity index (χ1n) is 5.20. The fourth-order valence-corrected chi connectivity index (χ4v) is 1.91. The van der Waals surface area contributed by atoms with Crippen LogP contribution in [-0.2, 0) is 12.0 Å². The third-order valence-corrected chi connectivity index (χ3v) is 2.61. The standard InChI is InChI=1S/C12H17N3/c1-12(2,3)11-8(7-13)10-9(15-11)5-4-6-14-10/h4-6,15H,7,13H2,1-3H3. The van der Waals surface area contributed by atoms with Gasteiger partial charge in [0.25, 0.3) is 0 Å². The zero-order valence-electron chi connectivity index (χ0n) is 9.46.